The fraction of sp³-hybridized carbons (Fsp3) is 0.273. The first-order chi connectivity index (χ1) is 13.5. The van der Waals surface area contributed by atoms with Gasteiger partial charge in [-0.1, -0.05) is 45.9 Å². The molecule has 2 aliphatic heterocycles. The Kier molecular flexibility index (Phi) is 5.22. The average Bonchev–Trinajstić information content (AvgIpc) is 2.70. The van der Waals surface area contributed by atoms with Gasteiger partial charge in [0.05, 0.1) is 29.2 Å². The third kappa shape index (κ3) is 3.45. The van der Waals surface area contributed by atoms with E-state index in [2.05, 4.69) is 58.9 Å². The summed E-state index contributed by atoms with van der Waals surface area (Å²) in [7, 11) is 0. The van der Waals surface area contributed by atoms with Crippen molar-refractivity contribution in [3.05, 3.63) is 74.2 Å². The van der Waals surface area contributed by atoms with E-state index < -0.39 is 0 Å². The Balaban J connectivity index is 1.65. The van der Waals surface area contributed by atoms with Crippen LogP contribution < -0.4 is 4.90 Å². The molecular formula is C22H20BrN3OS. The summed E-state index contributed by atoms with van der Waals surface area (Å²) in [5.41, 5.74) is 5.31. The summed E-state index contributed by atoms with van der Waals surface area (Å²) in [4.78, 5) is 16.9. The molecule has 0 spiro atoms. The van der Waals surface area contributed by atoms with Crippen molar-refractivity contribution >= 4 is 39.3 Å². The average molecular weight is 454 g/mol. The van der Waals surface area contributed by atoms with Gasteiger partial charge in [0.25, 0.3) is 0 Å². The van der Waals surface area contributed by atoms with Gasteiger partial charge in [-0.2, -0.15) is 5.26 Å². The van der Waals surface area contributed by atoms with Crippen LogP contribution in [0.15, 0.2) is 57.5 Å². The van der Waals surface area contributed by atoms with Gasteiger partial charge in [-0.25, -0.2) is 0 Å². The number of carbonyl (C=O) groups excluding carboxylic acids is 1. The van der Waals surface area contributed by atoms with Crippen LogP contribution in [0.25, 0.3) is 0 Å². The number of benzene rings is 2. The van der Waals surface area contributed by atoms with Gasteiger partial charge in [-0.05, 0) is 54.8 Å². The lowest BCUT2D eigenvalue weighted by molar-refractivity contribution is -0.129. The first-order valence-corrected chi connectivity index (χ1v) is 10.9. The molecule has 6 heteroatoms. The fourth-order valence-electron chi connectivity index (χ4n) is 3.63. The number of amides is 1. The van der Waals surface area contributed by atoms with Crippen molar-refractivity contribution in [1.82, 2.24) is 4.90 Å². The van der Waals surface area contributed by atoms with Crippen LogP contribution in [0.2, 0.25) is 0 Å². The smallest absolute Gasteiger partial charge is 0.229 e. The summed E-state index contributed by atoms with van der Waals surface area (Å²) in [5, 5.41) is 10.7. The number of hydrogen-bond donors (Lipinski definition) is 0. The summed E-state index contributed by atoms with van der Waals surface area (Å²) in [6.07, 6.45) is 0.329. The number of fused-ring (bicyclic) bond motifs is 1. The second-order valence-electron chi connectivity index (χ2n) is 7.18. The van der Waals surface area contributed by atoms with Crippen molar-refractivity contribution in [1.29, 1.82) is 5.26 Å². The lowest BCUT2D eigenvalue weighted by Gasteiger charge is -2.42. The maximum absolute atomic E-state index is 13.0. The zero-order valence-electron chi connectivity index (χ0n) is 15.8. The standard InChI is InChI=1S/C22H20BrN3OS/c1-14-3-8-18(9-15(14)2)25-12-26-21(27)10-19(16-4-6-17(23)7-5-16)20(11-24)22(26)28-13-25/h3-9,19H,10,12-13H2,1-2H3/t19-/m1/s1. The maximum Gasteiger partial charge on any atom is 0.229 e. The van der Waals surface area contributed by atoms with E-state index in [0.29, 0.717) is 18.7 Å². The number of aryl methyl sites for hydroxylation is 2. The molecule has 28 heavy (non-hydrogen) atoms. The highest BCUT2D eigenvalue weighted by atomic mass is 79.9. The Morgan fingerprint density at radius 3 is 2.57 bits per heavy atom. The first kappa shape index (κ1) is 19.1. The van der Waals surface area contributed by atoms with Crippen molar-refractivity contribution in [2.75, 3.05) is 17.4 Å². The number of halogens is 1. The molecule has 142 valence electrons. The Morgan fingerprint density at radius 1 is 1.14 bits per heavy atom. The van der Waals surface area contributed by atoms with Crippen LogP contribution in [0.5, 0.6) is 0 Å². The molecule has 1 fully saturated rings. The van der Waals surface area contributed by atoms with E-state index in [-0.39, 0.29) is 11.8 Å². The topological polar surface area (TPSA) is 47.3 Å². The van der Waals surface area contributed by atoms with Crippen LogP contribution in [0.4, 0.5) is 5.69 Å². The van der Waals surface area contributed by atoms with Gasteiger partial charge in [0.15, 0.2) is 0 Å². The molecule has 2 aliphatic rings. The van der Waals surface area contributed by atoms with E-state index in [9.17, 15) is 10.1 Å². The summed E-state index contributed by atoms with van der Waals surface area (Å²) in [6, 6.07) is 16.7. The van der Waals surface area contributed by atoms with E-state index in [4.69, 9.17) is 0 Å². The van der Waals surface area contributed by atoms with Crippen LogP contribution in [0, 0.1) is 25.2 Å². The molecule has 2 aromatic rings. The van der Waals surface area contributed by atoms with Crippen molar-refractivity contribution in [2.45, 2.75) is 26.2 Å². The largest absolute Gasteiger partial charge is 0.344 e. The molecular weight excluding hydrogens is 434 g/mol. The summed E-state index contributed by atoms with van der Waals surface area (Å²) < 4.78 is 0.988. The van der Waals surface area contributed by atoms with Gasteiger partial charge in [-0.15, -0.1) is 0 Å². The van der Waals surface area contributed by atoms with Gasteiger partial charge in [0.2, 0.25) is 5.91 Å². The number of anilines is 1. The summed E-state index contributed by atoms with van der Waals surface area (Å²) in [5.74, 6) is 0.625. The third-order valence-corrected chi connectivity index (χ3v) is 7.10. The number of allylic oxidation sites excluding steroid dienone is 1. The second-order valence-corrected chi connectivity index (χ2v) is 9.03. The van der Waals surface area contributed by atoms with Gasteiger partial charge >= 0.3 is 0 Å². The second kappa shape index (κ2) is 7.65. The molecule has 0 bridgehead atoms. The fourth-order valence-corrected chi connectivity index (χ4v) is 5.06. The SMILES string of the molecule is Cc1ccc(N2CSC3=C(C#N)[C@@H](c4ccc(Br)cc4)CC(=O)N3C2)cc1C. The van der Waals surface area contributed by atoms with Gasteiger partial charge in [0.1, 0.15) is 0 Å². The monoisotopic (exact) mass is 453 g/mol. The van der Waals surface area contributed by atoms with Crippen LogP contribution in [-0.4, -0.2) is 23.4 Å². The maximum atomic E-state index is 13.0. The highest BCUT2D eigenvalue weighted by Crippen LogP contribution is 2.43. The Hall–Kier alpha value is -2.23. The molecule has 0 aromatic heterocycles. The number of rotatable bonds is 2. The normalized spacial score (nSPS) is 19.5. The van der Waals surface area contributed by atoms with Gasteiger partial charge in [0, 0.05) is 22.5 Å². The predicted molar refractivity (Wildman–Crippen MR) is 117 cm³/mol. The molecule has 2 aromatic carbocycles. The summed E-state index contributed by atoms with van der Waals surface area (Å²) >= 11 is 5.02. The highest BCUT2D eigenvalue weighted by Gasteiger charge is 2.38. The molecule has 1 atom stereocenters. The minimum atomic E-state index is -0.169. The Labute approximate surface area is 178 Å². The quantitative estimate of drug-likeness (QED) is 0.619. The minimum Gasteiger partial charge on any atom is -0.344 e. The van der Waals surface area contributed by atoms with E-state index in [1.165, 1.54) is 11.1 Å². The zero-order chi connectivity index (χ0) is 19.8. The van der Waals surface area contributed by atoms with Crippen molar-refractivity contribution < 1.29 is 4.79 Å². The third-order valence-electron chi connectivity index (χ3n) is 5.42. The van der Waals surface area contributed by atoms with Gasteiger partial charge < -0.3 is 4.90 Å². The Morgan fingerprint density at radius 2 is 1.89 bits per heavy atom. The lowest BCUT2D eigenvalue weighted by atomic mass is 9.86. The van der Waals surface area contributed by atoms with Crippen LogP contribution in [0.1, 0.15) is 29.0 Å². The number of hydrogen-bond acceptors (Lipinski definition) is 4. The van der Waals surface area contributed by atoms with E-state index in [1.807, 2.05) is 24.3 Å². The number of nitriles is 1. The molecule has 1 amide bonds. The van der Waals surface area contributed by atoms with Crippen molar-refractivity contribution in [2.24, 2.45) is 0 Å². The predicted octanol–water partition coefficient (Wildman–Crippen LogP) is 5.29. The van der Waals surface area contributed by atoms with E-state index in [0.717, 1.165) is 26.6 Å². The molecule has 1 saturated heterocycles. The molecule has 0 saturated carbocycles. The molecule has 4 nitrogen and oxygen atoms in total. The molecule has 2 heterocycles. The molecule has 0 aliphatic carbocycles. The minimum absolute atomic E-state index is 0.0722. The molecule has 0 N–H and O–H groups in total. The van der Waals surface area contributed by atoms with E-state index in [1.54, 1.807) is 16.7 Å². The number of carbonyl (C=O) groups is 1. The molecule has 0 radical (unpaired) electrons. The number of thioether (sulfide) groups is 1. The van der Waals surface area contributed by atoms with Crippen LogP contribution in [0.3, 0.4) is 0 Å². The molecule has 0 unspecified atom stereocenters. The lowest BCUT2D eigenvalue weighted by Crippen LogP contribution is -2.47. The summed E-state index contributed by atoms with van der Waals surface area (Å²) in [6.45, 7) is 4.69. The van der Waals surface area contributed by atoms with Crippen molar-refractivity contribution in [3.8, 4) is 6.07 Å². The highest BCUT2D eigenvalue weighted by molar-refractivity contribution is 9.10. The zero-order valence-corrected chi connectivity index (χ0v) is 18.2. The van der Waals surface area contributed by atoms with Gasteiger partial charge in [-0.3, -0.25) is 9.69 Å². The first-order valence-electron chi connectivity index (χ1n) is 9.13. The van der Waals surface area contributed by atoms with E-state index >= 15 is 0 Å². The van der Waals surface area contributed by atoms with Crippen LogP contribution in [-0.2, 0) is 4.79 Å². The Bertz CT molecular complexity index is 1010. The number of nitrogens with zero attached hydrogens (tertiary/aromatic N) is 3. The molecule has 4 rings (SSSR count). The van der Waals surface area contributed by atoms with Crippen molar-refractivity contribution in [3.63, 3.8) is 0 Å². The van der Waals surface area contributed by atoms with Crippen LogP contribution >= 0.6 is 27.7 Å².